The monoisotopic (exact) mass is 204 g/mol. The largest absolute Gasteiger partial charge is 0.456 e. The maximum absolute atomic E-state index is 11.6. The Morgan fingerprint density at radius 2 is 2.21 bits per heavy atom. The molecule has 0 radical (unpaired) electrons. The van der Waals surface area contributed by atoms with Crippen LogP contribution in [-0.4, -0.2) is 19.0 Å². The number of ether oxygens (including phenoxy) is 1. The van der Waals surface area contributed by atoms with Crippen LogP contribution in [0.2, 0.25) is 0 Å². The number of alkyl halides is 2. The molecular weight excluding hydrogens is 190 g/mol. The average Bonchev–Trinajstić information content (AvgIpc) is 2.67. The Labute approximate surface area is 81.9 Å². The molecule has 1 unspecified atom stereocenters. The van der Waals surface area contributed by atoms with Crippen LogP contribution in [0.3, 0.4) is 0 Å². The minimum absolute atomic E-state index is 0.249. The molecular formula is C10H14F2O2. The van der Waals surface area contributed by atoms with E-state index in [1.807, 2.05) is 0 Å². The molecule has 1 atom stereocenters. The highest BCUT2D eigenvalue weighted by Gasteiger charge is 2.43. The number of hydrogen-bond acceptors (Lipinski definition) is 2. The van der Waals surface area contributed by atoms with Crippen LogP contribution in [0.15, 0.2) is 12.2 Å². The highest BCUT2D eigenvalue weighted by molar-refractivity contribution is 5.82. The molecule has 1 aliphatic carbocycles. The summed E-state index contributed by atoms with van der Waals surface area (Å²) in [6, 6.07) is 0. The van der Waals surface area contributed by atoms with E-state index >= 15 is 0 Å². The van der Waals surface area contributed by atoms with Gasteiger partial charge in [-0.05, 0) is 17.8 Å². The molecule has 0 aromatic heterocycles. The first-order valence-electron chi connectivity index (χ1n) is 4.55. The van der Waals surface area contributed by atoms with Crippen LogP contribution >= 0.6 is 0 Å². The predicted molar refractivity (Wildman–Crippen MR) is 48.0 cm³/mol. The quantitative estimate of drug-likeness (QED) is 0.519. The lowest BCUT2D eigenvalue weighted by Crippen LogP contribution is -2.09. The molecule has 0 aliphatic heterocycles. The third kappa shape index (κ3) is 3.44. The Bertz CT molecular complexity index is 247. The molecule has 1 rings (SSSR count). The van der Waals surface area contributed by atoms with Crippen LogP contribution in [0.25, 0.3) is 0 Å². The van der Waals surface area contributed by atoms with Gasteiger partial charge in [0.15, 0.2) is 6.61 Å². The van der Waals surface area contributed by atoms with Gasteiger partial charge in [-0.2, -0.15) is 0 Å². The van der Waals surface area contributed by atoms with Crippen LogP contribution < -0.4 is 0 Å². The lowest BCUT2D eigenvalue weighted by Gasteiger charge is -1.99. The Hall–Kier alpha value is -0.930. The summed E-state index contributed by atoms with van der Waals surface area (Å²) in [4.78, 5) is 10.8. The van der Waals surface area contributed by atoms with E-state index in [2.05, 4.69) is 18.6 Å². The number of esters is 1. The summed E-state index contributed by atoms with van der Waals surface area (Å²) >= 11 is 0. The number of carbonyl (C=O) groups is 1. The van der Waals surface area contributed by atoms with E-state index in [1.165, 1.54) is 6.08 Å². The second kappa shape index (κ2) is 4.07. The van der Waals surface area contributed by atoms with Crippen molar-refractivity contribution in [2.24, 2.45) is 11.3 Å². The standard InChI is InChI=1S/C10H14F2O2/c1-10(2)5-7(10)3-4-9(13)14-6-8(11)12/h3-4,7-8H,5-6H2,1-2H3. The van der Waals surface area contributed by atoms with E-state index in [-0.39, 0.29) is 5.41 Å². The molecule has 0 aromatic rings. The van der Waals surface area contributed by atoms with Gasteiger partial charge >= 0.3 is 5.97 Å². The summed E-state index contributed by atoms with van der Waals surface area (Å²) in [5, 5.41) is 0. The van der Waals surface area contributed by atoms with Gasteiger partial charge in [0, 0.05) is 6.08 Å². The average molecular weight is 204 g/mol. The Morgan fingerprint density at radius 1 is 1.64 bits per heavy atom. The Morgan fingerprint density at radius 3 is 2.64 bits per heavy atom. The smallest absolute Gasteiger partial charge is 0.330 e. The zero-order chi connectivity index (χ0) is 10.8. The third-order valence-electron chi connectivity index (χ3n) is 2.41. The molecule has 0 saturated heterocycles. The van der Waals surface area contributed by atoms with Crippen molar-refractivity contribution in [2.45, 2.75) is 26.7 Å². The normalized spacial score (nSPS) is 24.2. The van der Waals surface area contributed by atoms with Gasteiger partial charge in [0.1, 0.15) is 0 Å². The van der Waals surface area contributed by atoms with Crippen LogP contribution in [0.5, 0.6) is 0 Å². The van der Waals surface area contributed by atoms with E-state index in [1.54, 1.807) is 6.08 Å². The SMILES string of the molecule is CC1(C)CC1C=CC(=O)OCC(F)F. The Balaban J connectivity index is 2.21. The molecule has 0 spiro atoms. The Kier molecular flexibility index (Phi) is 3.24. The minimum atomic E-state index is -2.59. The molecule has 0 N–H and O–H groups in total. The van der Waals surface area contributed by atoms with Gasteiger partial charge in [0.25, 0.3) is 6.43 Å². The fraction of sp³-hybridized carbons (Fsp3) is 0.700. The first-order chi connectivity index (χ1) is 6.42. The number of carbonyl (C=O) groups excluding carboxylic acids is 1. The number of rotatable bonds is 4. The molecule has 80 valence electrons. The van der Waals surface area contributed by atoms with E-state index in [0.717, 1.165) is 6.42 Å². The summed E-state index contributed by atoms with van der Waals surface area (Å²) in [7, 11) is 0. The van der Waals surface area contributed by atoms with Gasteiger partial charge in [-0.3, -0.25) is 0 Å². The maximum atomic E-state index is 11.6. The summed E-state index contributed by atoms with van der Waals surface area (Å²) in [5.74, 6) is -0.311. The molecule has 1 fully saturated rings. The molecule has 14 heavy (non-hydrogen) atoms. The summed E-state index contributed by atoms with van der Waals surface area (Å²) in [6.45, 7) is 3.36. The minimum Gasteiger partial charge on any atom is -0.456 e. The topological polar surface area (TPSA) is 26.3 Å². The van der Waals surface area contributed by atoms with Gasteiger partial charge in [-0.25, -0.2) is 13.6 Å². The first kappa shape index (κ1) is 11.1. The van der Waals surface area contributed by atoms with Crippen molar-refractivity contribution in [3.05, 3.63) is 12.2 Å². The highest BCUT2D eigenvalue weighted by Crippen LogP contribution is 2.52. The first-order valence-corrected chi connectivity index (χ1v) is 4.55. The lowest BCUT2D eigenvalue weighted by molar-refractivity contribution is -0.141. The molecule has 0 amide bonds. The van der Waals surface area contributed by atoms with E-state index in [0.29, 0.717) is 5.92 Å². The third-order valence-corrected chi connectivity index (χ3v) is 2.41. The van der Waals surface area contributed by atoms with Gasteiger partial charge in [-0.1, -0.05) is 19.9 Å². The van der Waals surface area contributed by atoms with Crippen LogP contribution in [0.4, 0.5) is 8.78 Å². The van der Waals surface area contributed by atoms with Crippen molar-refractivity contribution < 1.29 is 18.3 Å². The molecule has 1 saturated carbocycles. The molecule has 1 aliphatic rings. The number of halogens is 2. The van der Waals surface area contributed by atoms with E-state index in [9.17, 15) is 13.6 Å². The van der Waals surface area contributed by atoms with Crippen LogP contribution in [0.1, 0.15) is 20.3 Å². The van der Waals surface area contributed by atoms with E-state index < -0.39 is 19.0 Å². The molecule has 0 aromatic carbocycles. The fourth-order valence-electron chi connectivity index (χ4n) is 1.22. The van der Waals surface area contributed by atoms with Gasteiger partial charge < -0.3 is 4.74 Å². The molecule has 0 heterocycles. The van der Waals surface area contributed by atoms with Crippen molar-refractivity contribution in [1.82, 2.24) is 0 Å². The van der Waals surface area contributed by atoms with Gasteiger partial charge in [0.05, 0.1) is 0 Å². The molecule has 2 nitrogen and oxygen atoms in total. The van der Waals surface area contributed by atoms with Gasteiger partial charge in [-0.15, -0.1) is 0 Å². The maximum Gasteiger partial charge on any atom is 0.330 e. The fourth-order valence-corrected chi connectivity index (χ4v) is 1.22. The summed E-state index contributed by atoms with van der Waals surface area (Å²) in [5.41, 5.74) is 0.249. The lowest BCUT2D eigenvalue weighted by atomic mass is 10.1. The van der Waals surface area contributed by atoms with Crippen molar-refractivity contribution in [3.8, 4) is 0 Å². The zero-order valence-electron chi connectivity index (χ0n) is 8.30. The number of hydrogen-bond donors (Lipinski definition) is 0. The number of allylic oxidation sites excluding steroid dienone is 1. The summed E-state index contributed by atoms with van der Waals surface area (Å²) < 4.78 is 27.5. The molecule has 0 bridgehead atoms. The van der Waals surface area contributed by atoms with Crippen molar-refractivity contribution in [2.75, 3.05) is 6.61 Å². The second-order valence-corrected chi connectivity index (χ2v) is 4.18. The van der Waals surface area contributed by atoms with Crippen LogP contribution in [-0.2, 0) is 9.53 Å². The van der Waals surface area contributed by atoms with Crippen molar-refractivity contribution in [1.29, 1.82) is 0 Å². The predicted octanol–water partition coefficient (Wildman–Crippen LogP) is 2.40. The second-order valence-electron chi connectivity index (χ2n) is 4.18. The zero-order valence-corrected chi connectivity index (χ0v) is 8.30. The van der Waals surface area contributed by atoms with Crippen molar-refractivity contribution >= 4 is 5.97 Å². The highest BCUT2D eigenvalue weighted by atomic mass is 19.3. The van der Waals surface area contributed by atoms with Crippen molar-refractivity contribution in [3.63, 3.8) is 0 Å². The van der Waals surface area contributed by atoms with E-state index in [4.69, 9.17) is 0 Å². The van der Waals surface area contributed by atoms with Crippen LogP contribution in [0, 0.1) is 11.3 Å². The van der Waals surface area contributed by atoms with Gasteiger partial charge in [0.2, 0.25) is 0 Å². The summed E-state index contributed by atoms with van der Waals surface area (Å²) in [6.07, 6.45) is 1.41. The molecule has 4 heteroatoms.